The molecule has 1 spiro atoms. The summed E-state index contributed by atoms with van der Waals surface area (Å²) in [6.45, 7) is 6.83. The normalized spacial score (nSPS) is 18.3. The van der Waals surface area contributed by atoms with Crippen molar-refractivity contribution in [2.24, 2.45) is 4.99 Å². The molecule has 2 saturated heterocycles. The van der Waals surface area contributed by atoms with Crippen LogP contribution in [0.5, 0.6) is 0 Å². The molecular formula is C26H32N6O5S. The molecule has 38 heavy (non-hydrogen) atoms. The molecule has 0 unspecified atom stereocenters. The lowest BCUT2D eigenvalue weighted by Crippen LogP contribution is -2.50. The Morgan fingerprint density at radius 2 is 1.74 bits per heavy atom. The molecule has 12 heteroatoms. The van der Waals surface area contributed by atoms with Gasteiger partial charge in [-0.1, -0.05) is 32.0 Å². The highest BCUT2D eigenvalue weighted by Gasteiger charge is 2.47. The highest BCUT2D eigenvalue weighted by molar-refractivity contribution is 7.23. The molecule has 1 aromatic carbocycles. The first-order valence-corrected chi connectivity index (χ1v) is 13.7. The minimum atomic E-state index is -1.02. The average Bonchev–Trinajstić information content (AvgIpc) is 3.54. The second kappa shape index (κ2) is 11.3. The van der Waals surface area contributed by atoms with Crippen molar-refractivity contribution in [3.05, 3.63) is 29.8 Å². The Kier molecular flexibility index (Phi) is 8.10. The summed E-state index contributed by atoms with van der Waals surface area (Å²) < 4.78 is 0.886. The second-order valence-electron chi connectivity index (χ2n) is 9.00. The molecule has 202 valence electrons. The van der Waals surface area contributed by atoms with E-state index in [1.165, 1.54) is 11.3 Å². The predicted molar refractivity (Wildman–Crippen MR) is 145 cm³/mol. The number of benzene rings is 1. The lowest BCUT2D eigenvalue weighted by atomic mass is 9.87. The number of amidine groups is 1. The van der Waals surface area contributed by atoms with Crippen LogP contribution in [-0.2, 0) is 14.4 Å². The average molecular weight is 541 g/mol. The Bertz CT molecular complexity index is 1290. The summed E-state index contributed by atoms with van der Waals surface area (Å²) in [5.74, 6) is -0.717. The van der Waals surface area contributed by atoms with E-state index in [1.54, 1.807) is 4.90 Å². The van der Waals surface area contributed by atoms with Crippen LogP contribution in [0.2, 0.25) is 0 Å². The number of hydrogen-bond donors (Lipinski definition) is 3. The number of carbonyl (C=O) groups excluding carboxylic acids is 5. The third-order valence-electron chi connectivity index (χ3n) is 6.74. The SMILES string of the molecule is CC.CCNC(=O)Nc1sc2ccccc2c1C(=O)N1CCC2(CC1)N=C(CN1C(=O)CCC1=O)NC2=O. The van der Waals surface area contributed by atoms with Gasteiger partial charge in [-0.15, -0.1) is 11.3 Å². The third kappa shape index (κ3) is 5.13. The molecule has 0 bridgehead atoms. The molecule has 2 aromatic rings. The van der Waals surface area contributed by atoms with E-state index in [1.807, 2.05) is 45.0 Å². The van der Waals surface area contributed by atoms with Crippen molar-refractivity contribution in [3.8, 4) is 0 Å². The zero-order valence-corrected chi connectivity index (χ0v) is 22.6. The number of urea groups is 1. The lowest BCUT2D eigenvalue weighted by molar-refractivity contribution is -0.137. The standard InChI is InChI=1S/C24H26N6O5S.C2H6/c1-2-25-23(35)27-20-19(14-5-3-4-6-15(14)36-20)21(33)29-11-9-24(10-12-29)22(34)26-16(28-24)13-30-17(31)7-8-18(30)32;1-2/h3-6H,2,7-13H2,1H3,(H2,25,27,35)(H,26,28,34);1-2H3. The van der Waals surface area contributed by atoms with Gasteiger partial charge in [0.25, 0.3) is 11.8 Å². The number of thiophene rings is 1. The summed E-state index contributed by atoms with van der Waals surface area (Å²) in [5, 5.41) is 9.45. The molecule has 3 N–H and O–H groups in total. The molecule has 3 aliphatic heterocycles. The largest absolute Gasteiger partial charge is 0.338 e. The van der Waals surface area contributed by atoms with Crippen molar-refractivity contribution >= 4 is 61.9 Å². The fourth-order valence-corrected chi connectivity index (χ4v) is 5.93. The van der Waals surface area contributed by atoms with E-state index < -0.39 is 5.54 Å². The van der Waals surface area contributed by atoms with Crippen LogP contribution in [0.4, 0.5) is 9.80 Å². The van der Waals surface area contributed by atoms with Gasteiger partial charge >= 0.3 is 6.03 Å². The fourth-order valence-electron chi connectivity index (χ4n) is 4.84. The van der Waals surface area contributed by atoms with Gasteiger partial charge in [0.05, 0.1) is 12.1 Å². The monoisotopic (exact) mass is 540 g/mol. The Morgan fingerprint density at radius 1 is 1.08 bits per heavy atom. The van der Waals surface area contributed by atoms with E-state index in [0.29, 0.717) is 48.9 Å². The highest BCUT2D eigenvalue weighted by Crippen LogP contribution is 2.38. The first kappa shape index (κ1) is 27.2. The predicted octanol–water partition coefficient (Wildman–Crippen LogP) is 2.72. The van der Waals surface area contributed by atoms with Gasteiger partial charge in [-0.05, 0) is 25.8 Å². The number of fused-ring (bicyclic) bond motifs is 1. The lowest BCUT2D eigenvalue weighted by Gasteiger charge is -2.35. The molecule has 11 nitrogen and oxygen atoms in total. The number of rotatable bonds is 5. The fraction of sp³-hybridized carbons (Fsp3) is 0.462. The van der Waals surface area contributed by atoms with E-state index >= 15 is 0 Å². The maximum Gasteiger partial charge on any atom is 0.319 e. The smallest absolute Gasteiger partial charge is 0.319 e. The molecule has 5 rings (SSSR count). The number of likely N-dealkylation sites (tertiary alicyclic amines) is 2. The number of hydrogen-bond acceptors (Lipinski definition) is 7. The Hall–Kier alpha value is -3.80. The van der Waals surface area contributed by atoms with Crippen molar-refractivity contribution in [3.63, 3.8) is 0 Å². The molecule has 2 fully saturated rings. The number of nitrogens with zero attached hydrogens (tertiary/aromatic N) is 3. The van der Waals surface area contributed by atoms with Gasteiger partial charge in [0.2, 0.25) is 11.8 Å². The van der Waals surface area contributed by atoms with E-state index in [-0.39, 0.29) is 49.0 Å². The van der Waals surface area contributed by atoms with Crippen LogP contribution in [0.3, 0.4) is 0 Å². The summed E-state index contributed by atoms with van der Waals surface area (Å²) >= 11 is 1.34. The van der Waals surface area contributed by atoms with Crippen molar-refractivity contribution < 1.29 is 24.0 Å². The molecule has 4 heterocycles. The van der Waals surface area contributed by atoms with E-state index in [9.17, 15) is 24.0 Å². The van der Waals surface area contributed by atoms with E-state index in [2.05, 4.69) is 20.9 Å². The second-order valence-corrected chi connectivity index (χ2v) is 10.0. The summed E-state index contributed by atoms with van der Waals surface area (Å²) in [4.78, 5) is 69.9. The van der Waals surface area contributed by atoms with Crippen molar-refractivity contribution in [2.75, 3.05) is 31.5 Å². The number of amides is 6. The van der Waals surface area contributed by atoms with Crippen LogP contribution in [0.15, 0.2) is 29.3 Å². The first-order valence-electron chi connectivity index (χ1n) is 12.9. The Morgan fingerprint density at radius 3 is 2.39 bits per heavy atom. The molecule has 0 saturated carbocycles. The van der Waals surface area contributed by atoms with Crippen LogP contribution >= 0.6 is 11.3 Å². The third-order valence-corrected chi connectivity index (χ3v) is 7.83. The molecule has 3 aliphatic rings. The molecule has 0 atom stereocenters. The van der Waals surface area contributed by atoms with Crippen molar-refractivity contribution in [1.29, 1.82) is 0 Å². The molecule has 1 aromatic heterocycles. The van der Waals surface area contributed by atoms with Crippen LogP contribution in [-0.4, -0.2) is 77.0 Å². The minimum absolute atomic E-state index is 0.0381. The van der Waals surface area contributed by atoms with Crippen LogP contribution in [0, 0.1) is 0 Å². The number of nitrogens with one attached hydrogen (secondary N) is 3. The maximum absolute atomic E-state index is 13.6. The first-order chi connectivity index (χ1) is 18.3. The van der Waals surface area contributed by atoms with Crippen molar-refractivity contribution in [2.45, 2.75) is 52.0 Å². The highest BCUT2D eigenvalue weighted by atomic mass is 32.1. The van der Waals surface area contributed by atoms with Crippen LogP contribution < -0.4 is 16.0 Å². The van der Waals surface area contributed by atoms with E-state index in [0.717, 1.165) is 15.0 Å². The molecule has 6 amide bonds. The van der Waals surface area contributed by atoms with Gasteiger partial charge < -0.3 is 15.5 Å². The van der Waals surface area contributed by atoms with Crippen LogP contribution in [0.25, 0.3) is 10.1 Å². The van der Waals surface area contributed by atoms with Crippen LogP contribution in [0.1, 0.15) is 56.8 Å². The van der Waals surface area contributed by atoms with Crippen molar-refractivity contribution in [1.82, 2.24) is 20.4 Å². The number of anilines is 1. The summed E-state index contributed by atoms with van der Waals surface area (Å²) in [7, 11) is 0. The topological polar surface area (TPSA) is 140 Å². The zero-order chi connectivity index (χ0) is 27.4. The minimum Gasteiger partial charge on any atom is -0.338 e. The molecule has 0 radical (unpaired) electrons. The van der Waals surface area contributed by atoms with Gasteiger partial charge in [0.1, 0.15) is 16.4 Å². The van der Waals surface area contributed by atoms with Gasteiger partial charge in [0.15, 0.2) is 0 Å². The number of imide groups is 1. The van der Waals surface area contributed by atoms with Gasteiger partial charge in [-0.2, -0.15) is 0 Å². The quantitative estimate of drug-likeness (QED) is 0.500. The number of piperidine rings is 1. The summed E-state index contributed by atoms with van der Waals surface area (Å²) in [5.41, 5.74) is -0.583. The summed E-state index contributed by atoms with van der Waals surface area (Å²) in [6, 6.07) is 7.11. The van der Waals surface area contributed by atoms with Gasteiger partial charge in [0, 0.05) is 42.6 Å². The van der Waals surface area contributed by atoms with E-state index in [4.69, 9.17) is 0 Å². The molecule has 0 aliphatic carbocycles. The number of carbonyl (C=O) groups is 5. The molecular weight excluding hydrogens is 508 g/mol. The Labute approximate surface area is 224 Å². The number of aliphatic imine (C=N–C) groups is 1. The summed E-state index contributed by atoms with van der Waals surface area (Å²) in [6.07, 6.45) is 0.987. The van der Waals surface area contributed by atoms with Gasteiger partial charge in [-0.3, -0.25) is 34.4 Å². The van der Waals surface area contributed by atoms with Gasteiger partial charge in [-0.25, -0.2) is 4.79 Å². The Balaban J connectivity index is 0.00000164. The zero-order valence-electron chi connectivity index (χ0n) is 21.8. The maximum atomic E-state index is 13.6.